The number of aromatic amines is 1. The highest BCUT2D eigenvalue weighted by Crippen LogP contribution is 2.20. The molecule has 0 saturated carbocycles. The molecule has 1 aliphatic rings. The number of rotatable bonds is 4. The third-order valence-electron chi connectivity index (χ3n) is 3.15. The summed E-state index contributed by atoms with van der Waals surface area (Å²) in [4.78, 5) is 33.6. The summed E-state index contributed by atoms with van der Waals surface area (Å²) in [5, 5.41) is 8.94. The van der Waals surface area contributed by atoms with Gasteiger partial charge in [-0.3, -0.25) is 4.79 Å². The molecule has 1 aromatic rings. The number of aromatic nitrogens is 2. The third kappa shape index (κ3) is 3.66. The van der Waals surface area contributed by atoms with E-state index < -0.39 is 5.97 Å². The van der Waals surface area contributed by atoms with Gasteiger partial charge in [0.05, 0.1) is 19.0 Å². The maximum atomic E-state index is 12.4. The minimum atomic E-state index is -0.871. The van der Waals surface area contributed by atoms with Gasteiger partial charge in [0, 0.05) is 37.5 Å². The molecular weight excluding hydrogens is 280 g/mol. The van der Waals surface area contributed by atoms with Crippen molar-refractivity contribution >= 4 is 23.8 Å². The molecule has 1 aliphatic heterocycles. The maximum absolute atomic E-state index is 12.4. The molecule has 8 heteroatoms. The Morgan fingerprint density at radius 2 is 2.45 bits per heavy atom. The first kappa shape index (κ1) is 14.7. The maximum Gasteiger partial charge on any atom is 0.320 e. The average Bonchev–Trinajstić information content (AvgIpc) is 2.90. The number of carbonyl (C=O) groups excluding carboxylic acids is 1. The minimum absolute atomic E-state index is 0.00662. The van der Waals surface area contributed by atoms with E-state index in [0.29, 0.717) is 24.7 Å². The number of imidazole rings is 1. The topological polar surface area (TPSA) is 89.5 Å². The summed E-state index contributed by atoms with van der Waals surface area (Å²) in [5.41, 5.74) is 0. The molecule has 1 aromatic heterocycles. The lowest BCUT2D eigenvalue weighted by Gasteiger charge is -2.37. The van der Waals surface area contributed by atoms with Crippen LogP contribution in [0.15, 0.2) is 12.4 Å². The lowest BCUT2D eigenvalue weighted by atomic mass is 10.2. The first-order chi connectivity index (χ1) is 9.58. The van der Waals surface area contributed by atoms with E-state index in [9.17, 15) is 9.59 Å². The Labute approximate surface area is 121 Å². The molecule has 0 bridgehead atoms. The smallest absolute Gasteiger partial charge is 0.320 e. The molecule has 1 atom stereocenters. The number of carboxylic acid groups (broad SMARTS) is 1. The Balaban J connectivity index is 1.99. The fourth-order valence-corrected chi connectivity index (χ4v) is 3.24. The van der Waals surface area contributed by atoms with Crippen LogP contribution in [0.2, 0.25) is 0 Å². The summed E-state index contributed by atoms with van der Waals surface area (Å²) in [6, 6.07) is -0.384. The number of amides is 2. The van der Waals surface area contributed by atoms with E-state index in [1.807, 2.05) is 0 Å². The second-order valence-electron chi connectivity index (χ2n) is 4.69. The van der Waals surface area contributed by atoms with Gasteiger partial charge < -0.3 is 19.9 Å². The van der Waals surface area contributed by atoms with E-state index in [0.717, 1.165) is 5.75 Å². The fourth-order valence-electron chi connectivity index (χ4n) is 2.17. The third-order valence-corrected chi connectivity index (χ3v) is 4.24. The molecule has 2 amide bonds. The van der Waals surface area contributed by atoms with Gasteiger partial charge in [-0.1, -0.05) is 0 Å². The molecule has 0 aliphatic carbocycles. The molecular formula is C12H18N4O3S. The van der Waals surface area contributed by atoms with Crippen LogP contribution in [0, 0.1) is 0 Å². The highest BCUT2D eigenvalue weighted by Gasteiger charge is 2.30. The largest absolute Gasteiger partial charge is 0.481 e. The quantitative estimate of drug-likeness (QED) is 0.860. The predicted octanol–water partition coefficient (Wildman–Crippen LogP) is 0.854. The van der Waals surface area contributed by atoms with Crippen molar-refractivity contribution in [1.82, 2.24) is 19.8 Å². The monoisotopic (exact) mass is 298 g/mol. The zero-order chi connectivity index (χ0) is 14.5. The summed E-state index contributed by atoms with van der Waals surface area (Å²) < 4.78 is 0. The number of nitrogens with one attached hydrogen (secondary N) is 1. The van der Waals surface area contributed by atoms with Crippen LogP contribution in [0.3, 0.4) is 0 Å². The first-order valence-electron chi connectivity index (χ1n) is 6.37. The van der Waals surface area contributed by atoms with Gasteiger partial charge in [-0.05, 0) is 0 Å². The van der Waals surface area contributed by atoms with Crippen molar-refractivity contribution in [1.29, 1.82) is 0 Å². The standard InChI is InChI=1S/C12H18N4O3S/c1-15(7-10-13-2-3-14-10)12(19)16-4-5-20-8-9(16)6-11(17)18/h2-3,9H,4-8H2,1H3,(H,13,14)(H,17,18). The van der Waals surface area contributed by atoms with E-state index in [-0.39, 0.29) is 18.5 Å². The Morgan fingerprint density at radius 1 is 1.65 bits per heavy atom. The molecule has 20 heavy (non-hydrogen) atoms. The Bertz CT molecular complexity index is 465. The number of hydrogen-bond acceptors (Lipinski definition) is 4. The molecule has 7 nitrogen and oxygen atoms in total. The Kier molecular flexibility index (Phi) is 4.89. The Morgan fingerprint density at radius 3 is 3.10 bits per heavy atom. The number of urea groups is 1. The zero-order valence-corrected chi connectivity index (χ0v) is 12.1. The number of thioether (sulfide) groups is 1. The number of carbonyl (C=O) groups is 2. The van der Waals surface area contributed by atoms with Gasteiger partial charge in [-0.15, -0.1) is 0 Å². The average molecular weight is 298 g/mol. The van der Waals surface area contributed by atoms with E-state index >= 15 is 0 Å². The van der Waals surface area contributed by atoms with E-state index in [2.05, 4.69) is 9.97 Å². The van der Waals surface area contributed by atoms with Gasteiger partial charge in [0.2, 0.25) is 0 Å². The van der Waals surface area contributed by atoms with Gasteiger partial charge in [0.1, 0.15) is 5.82 Å². The van der Waals surface area contributed by atoms with Gasteiger partial charge >= 0.3 is 12.0 Å². The second-order valence-corrected chi connectivity index (χ2v) is 5.84. The Hall–Kier alpha value is -1.70. The summed E-state index contributed by atoms with van der Waals surface area (Å²) in [7, 11) is 1.70. The highest BCUT2D eigenvalue weighted by molar-refractivity contribution is 7.99. The van der Waals surface area contributed by atoms with Crippen molar-refractivity contribution in [2.75, 3.05) is 25.1 Å². The van der Waals surface area contributed by atoms with Crippen molar-refractivity contribution in [2.45, 2.75) is 19.0 Å². The van der Waals surface area contributed by atoms with Gasteiger partial charge in [0.15, 0.2) is 0 Å². The first-order valence-corrected chi connectivity index (χ1v) is 7.53. The number of carboxylic acids is 1. The SMILES string of the molecule is CN(Cc1ncc[nH]1)C(=O)N1CCSCC1CC(=O)O. The molecule has 1 saturated heterocycles. The normalized spacial score (nSPS) is 18.9. The molecule has 0 aromatic carbocycles. The van der Waals surface area contributed by atoms with Crippen LogP contribution in [0.5, 0.6) is 0 Å². The number of H-pyrrole nitrogens is 1. The number of hydrogen-bond donors (Lipinski definition) is 2. The van der Waals surface area contributed by atoms with Gasteiger partial charge in [-0.2, -0.15) is 11.8 Å². The number of aliphatic carboxylic acids is 1. The van der Waals surface area contributed by atoms with Crippen LogP contribution >= 0.6 is 11.8 Å². The summed E-state index contributed by atoms with van der Waals surface area (Å²) in [6.07, 6.45) is 3.34. The predicted molar refractivity (Wildman–Crippen MR) is 75.5 cm³/mol. The lowest BCUT2D eigenvalue weighted by Crippen LogP contribution is -2.51. The number of nitrogens with zero attached hydrogens (tertiary/aromatic N) is 3. The van der Waals surface area contributed by atoms with Crippen molar-refractivity contribution < 1.29 is 14.7 Å². The van der Waals surface area contributed by atoms with Crippen LogP contribution in [-0.2, 0) is 11.3 Å². The molecule has 2 heterocycles. The van der Waals surface area contributed by atoms with Crippen molar-refractivity contribution in [3.05, 3.63) is 18.2 Å². The van der Waals surface area contributed by atoms with Gasteiger partial charge in [0.25, 0.3) is 0 Å². The molecule has 1 fully saturated rings. The highest BCUT2D eigenvalue weighted by atomic mass is 32.2. The van der Waals surface area contributed by atoms with Crippen LogP contribution in [0.25, 0.3) is 0 Å². The molecule has 1 unspecified atom stereocenters. The summed E-state index contributed by atoms with van der Waals surface area (Å²) >= 11 is 1.69. The molecule has 0 radical (unpaired) electrons. The zero-order valence-electron chi connectivity index (χ0n) is 11.3. The second kappa shape index (κ2) is 6.65. The fraction of sp³-hybridized carbons (Fsp3) is 0.583. The van der Waals surface area contributed by atoms with E-state index in [1.54, 1.807) is 41.0 Å². The van der Waals surface area contributed by atoms with Crippen molar-refractivity contribution in [3.63, 3.8) is 0 Å². The minimum Gasteiger partial charge on any atom is -0.481 e. The van der Waals surface area contributed by atoms with Crippen LogP contribution < -0.4 is 0 Å². The lowest BCUT2D eigenvalue weighted by molar-refractivity contribution is -0.138. The molecule has 2 N–H and O–H groups in total. The molecule has 110 valence electrons. The van der Waals surface area contributed by atoms with Crippen LogP contribution in [0.4, 0.5) is 4.79 Å². The van der Waals surface area contributed by atoms with Gasteiger partial charge in [-0.25, -0.2) is 9.78 Å². The summed E-state index contributed by atoms with van der Waals surface area (Å²) in [6.45, 7) is 0.971. The van der Waals surface area contributed by atoms with E-state index in [1.165, 1.54) is 0 Å². The summed E-state index contributed by atoms with van der Waals surface area (Å²) in [5.74, 6) is 1.36. The van der Waals surface area contributed by atoms with Crippen LogP contribution in [0.1, 0.15) is 12.2 Å². The van der Waals surface area contributed by atoms with E-state index in [4.69, 9.17) is 5.11 Å². The molecule has 2 rings (SSSR count). The van der Waals surface area contributed by atoms with Crippen molar-refractivity contribution in [3.8, 4) is 0 Å². The van der Waals surface area contributed by atoms with Crippen molar-refractivity contribution in [2.24, 2.45) is 0 Å². The molecule has 0 spiro atoms. The van der Waals surface area contributed by atoms with Crippen LogP contribution in [-0.4, -0.2) is 68.0 Å².